The van der Waals surface area contributed by atoms with Crippen LogP contribution >= 0.6 is 0 Å². The molecule has 1 unspecified atom stereocenters. The summed E-state index contributed by atoms with van der Waals surface area (Å²) in [5.74, 6) is 0.440. The first-order valence-electron chi connectivity index (χ1n) is 4.96. The predicted molar refractivity (Wildman–Crippen MR) is 53.3 cm³/mol. The van der Waals surface area contributed by atoms with Crippen molar-refractivity contribution in [1.29, 1.82) is 0 Å². The van der Waals surface area contributed by atoms with Crippen LogP contribution in [0.5, 0.6) is 0 Å². The van der Waals surface area contributed by atoms with Crippen molar-refractivity contribution in [3.05, 3.63) is 0 Å². The summed E-state index contributed by atoms with van der Waals surface area (Å²) >= 11 is -3.08. The second-order valence-corrected chi connectivity index (χ2v) is 8.26. The Morgan fingerprint density at radius 1 is 1.07 bits per heavy atom. The molecular weight excluding hydrogens is 218 g/mol. The van der Waals surface area contributed by atoms with Crippen LogP contribution in [0.1, 0.15) is 20.8 Å². The van der Waals surface area contributed by atoms with Crippen molar-refractivity contribution in [2.24, 2.45) is 5.92 Å². The molecule has 0 aromatic carbocycles. The molecule has 0 aliphatic heterocycles. The van der Waals surface area contributed by atoms with E-state index in [0.29, 0.717) is 5.92 Å². The van der Waals surface area contributed by atoms with Crippen molar-refractivity contribution in [3.63, 3.8) is 0 Å². The van der Waals surface area contributed by atoms with Crippen molar-refractivity contribution < 1.29 is 27.7 Å². The monoisotopic (exact) mass is 241 g/mol. The first kappa shape index (κ1) is 14.6. The third-order valence-corrected chi connectivity index (χ3v) is 7.54. The molecule has 0 aromatic rings. The molecule has 1 atom stereocenters. The van der Waals surface area contributed by atoms with Gasteiger partial charge < -0.3 is 0 Å². The van der Waals surface area contributed by atoms with Crippen molar-refractivity contribution in [2.75, 3.05) is 27.9 Å². The fraction of sp³-hybridized carbons (Fsp3) is 1.00. The van der Waals surface area contributed by atoms with Crippen LogP contribution in [-0.4, -0.2) is 32.2 Å². The van der Waals surface area contributed by atoms with E-state index in [4.69, 9.17) is 9.96 Å². The zero-order chi connectivity index (χ0) is 11.2. The average Bonchev–Trinajstić information content (AvgIpc) is 2.19. The maximum absolute atomic E-state index is 5.49. The average molecular weight is 241 g/mol. The Morgan fingerprint density at radius 2 is 1.50 bits per heavy atom. The Labute approximate surface area is 92.1 Å². The molecule has 0 fully saturated rings. The minimum absolute atomic E-state index is 0.194. The van der Waals surface area contributed by atoms with Crippen molar-refractivity contribution in [2.45, 2.75) is 25.1 Å². The SMILES string of the molecule is CCN[CH](C(C)C)[Ti]([O]C)([O]C)[O]C. The summed E-state index contributed by atoms with van der Waals surface area (Å²) in [4.78, 5) is 0. The number of nitrogens with one attached hydrogen (secondary N) is 1. The van der Waals surface area contributed by atoms with Crippen LogP contribution in [0, 0.1) is 5.92 Å². The number of hydrogen-bond acceptors (Lipinski definition) is 4. The van der Waals surface area contributed by atoms with Crippen LogP contribution in [-0.2, 0) is 27.7 Å². The topological polar surface area (TPSA) is 39.7 Å². The molecule has 0 amide bonds. The van der Waals surface area contributed by atoms with Gasteiger partial charge in [-0.15, -0.1) is 0 Å². The van der Waals surface area contributed by atoms with Gasteiger partial charge in [0.05, 0.1) is 0 Å². The Kier molecular flexibility index (Phi) is 7.21. The zero-order valence-corrected chi connectivity index (χ0v) is 11.6. The fourth-order valence-corrected chi connectivity index (χ4v) is 5.57. The number of hydrogen-bond donors (Lipinski definition) is 1. The van der Waals surface area contributed by atoms with E-state index in [0.717, 1.165) is 6.54 Å². The second-order valence-electron chi connectivity index (χ2n) is 3.50. The third kappa shape index (κ3) is 3.29. The van der Waals surface area contributed by atoms with Gasteiger partial charge in [0.15, 0.2) is 0 Å². The van der Waals surface area contributed by atoms with E-state index in [9.17, 15) is 0 Å². The van der Waals surface area contributed by atoms with Gasteiger partial charge in [0.1, 0.15) is 0 Å². The van der Waals surface area contributed by atoms with Crippen LogP contribution in [0.3, 0.4) is 0 Å². The molecule has 0 saturated heterocycles. The summed E-state index contributed by atoms with van der Waals surface area (Å²) in [5, 5.41) is 3.38. The Hall–Kier alpha value is 0.554. The second kappa shape index (κ2) is 6.93. The molecular formula is C9H23NO3Ti. The van der Waals surface area contributed by atoms with Crippen LogP contribution in [0.25, 0.3) is 0 Å². The van der Waals surface area contributed by atoms with Crippen molar-refractivity contribution in [1.82, 2.24) is 5.32 Å². The summed E-state index contributed by atoms with van der Waals surface area (Å²) in [6.45, 7) is 7.25. The molecule has 0 saturated carbocycles. The van der Waals surface area contributed by atoms with Gasteiger partial charge in [0.25, 0.3) is 0 Å². The Morgan fingerprint density at radius 3 is 1.71 bits per heavy atom. The van der Waals surface area contributed by atoms with E-state index < -0.39 is 17.8 Å². The van der Waals surface area contributed by atoms with E-state index in [2.05, 4.69) is 26.1 Å². The molecule has 5 heteroatoms. The van der Waals surface area contributed by atoms with E-state index in [-0.39, 0.29) is 4.35 Å². The molecule has 0 bridgehead atoms. The summed E-state index contributed by atoms with van der Waals surface area (Å²) in [6.07, 6.45) is 0. The minimum atomic E-state index is -3.08. The molecule has 0 radical (unpaired) electrons. The van der Waals surface area contributed by atoms with Crippen molar-refractivity contribution >= 4 is 0 Å². The van der Waals surface area contributed by atoms with Gasteiger partial charge in [-0.2, -0.15) is 0 Å². The summed E-state index contributed by atoms with van der Waals surface area (Å²) in [5.41, 5.74) is 0. The van der Waals surface area contributed by atoms with Crippen molar-refractivity contribution in [3.8, 4) is 0 Å². The molecule has 4 nitrogen and oxygen atoms in total. The van der Waals surface area contributed by atoms with E-state index in [1.54, 1.807) is 21.3 Å². The first-order valence-corrected chi connectivity index (χ1v) is 7.78. The zero-order valence-electron chi connectivity index (χ0n) is 10.1. The van der Waals surface area contributed by atoms with Gasteiger partial charge in [-0.3, -0.25) is 0 Å². The van der Waals surface area contributed by atoms with Gasteiger partial charge in [-0.1, -0.05) is 0 Å². The maximum atomic E-state index is 5.49. The molecule has 0 spiro atoms. The molecule has 0 aliphatic carbocycles. The summed E-state index contributed by atoms with van der Waals surface area (Å²) < 4.78 is 16.7. The van der Waals surface area contributed by atoms with Gasteiger partial charge in [0.2, 0.25) is 0 Å². The van der Waals surface area contributed by atoms with Crippen LogP contribution in [0.2, 0.25) is 0 Å². The first-order chi connectivity index (χ1) is 6.57. The molecule has 0 rings (SSSR count). The van der Waals surface area contributed by atoms with Gasteiger partial charge >= 0.3 is 91.9 Å². The van der Waals surface area contributed by atoms with Gasteiger partial charge in [0, 0.05) is 0 Å². The van der Waals surface area contributed by atoms with Crippen LogP contribution in [0.4, 0.5) is 0 Å². The Bertz CT molecular complexity index is 143. The summed E-state index contributed by atoms with van der Waals surface area (Å²) in [6, 6.07) is 0. The molecule has 0 aromatic heterocycles. The third-order valence-electron chi connectivity index (χ3n) is 2.33. The normalized spacial score (nSPS) is 14.8. The summed E-state index contributed by atoms with van der Waals surface area (Å²) in [7, 11) is 5.00. The molecule has 1 N–H and O–H groups in total. The van der Waals surface area contributed by atoms with E-state index in [1.807, 2.05) is 0 Å². The van der Waals surface area contributed by atoms with E-state index >= 15 is 0 Å². The standard InChI is InChI=1S/C6H14N.3CH3O.Ti/c1-4-7-5-6(2)3;3*1-2;/h5-7H,4H2,1-3H3;3*1H3;/q;3*-1;+3. The molecule has 14 heavy (non-hydrogen) atoms. The Balaban J connectivity index is 4.70. The predicted octanol–water partition coefficient (Wildman–Crippen LogP) is 1.42. The quantitative estimate of drug-likeness (QED) is 0.684. The van der Waals surface area contributed by atoms with Gasteiger partial charge in [-0.25, -0.2) is 0 Å². The number of rotatable bonds is 7. The molecule has 0 heterocycles. The fourth-order valence-electron chi connectivity index (χ4n) is 1.62. The van der Waals surface area contributed by atoms with Crippen LogP contribution < -0.4 is 5.32 Å². The van der Waals surface area contributed by atoms with Gasteiger partial charge in [-0.05, 0) is 0 Å². The van der Waals surface area contributed by atoms with E-state index in [1.165, 1.54) is 0 Å². The van der Waals surface area contributed by atoms with Crippen LogP contribution in [0.15, 0.2) is 0 Å². The molecule has 0 aliphatic rings. The molecule has 86 valence electrons.